The topological polar surface area (TPSA) is 84.0 Å². The maximum Gasteiger partial charge on any atom is 0.226 e. The molecule has 0 aliphatic rings. The maximum absolute atomic E-state index is 12.2. The van der Waals surface area contributed by atoms with Crippen molar-refractivity contribution in [2.45, 2.75) is 26.8 Å². The van der Waals surface area contributed by atoms with Gasteiger partial charge in [0.15, 0.2) is 17.5 Å². The molecule has 2 aromatic carbocycles. The third-order valence-corrected chi connectivity index (χ3v) is 4.81. The van der Waals surface area contributed by atoms with Crippen LogP contribution in [0.4, 0.5) is 5.69 Å². The Kier molecular flexibility index (Phi) is 9.28. The lowest BCUT2D eigenvalue weighted by atomic mass is 10.2. The van der Waals surface area contributed by atoms with Gasteiger partial charge < -0.3 is 25.4 Å². The average Bonchev–Trinajstić information content (AvgIpc) is 2.75. The van der Waals surface area contributed by atoms with Crippen LogP contribution in [-0.2, 0) is 11.3 Å². The second-order valence-electron chi connectivity index (χ2n) is 6.52. The standard InChI is InChI=1S/C22H29ClN4O3/c1-5-24-22(26-14-16-9-10-19(29-3)20(13-16)30-4)25-12-11-21(28)27-18-8-6-7-17(23)15(18)2/h6-10,13H,5,11-12,14H2,1-4H3,(H,27,28)(H2,24,25,26). The number of hydrogen-bond acceptors (Lipinski definition) is 4. The summed E-state index contributed by atoms with van der Waals surface area (Å²) >= 11 is 6.10. The van der Waals surface area contributed by atoms with E-state index in [0.717, 1.165) is 16.8 Å². The van der Waals surface area contributed by atoms with Crippen molar-refractivity contribution in [1.29, 1.82) is 0 Å². The summed E-state index contributed by atoms with van der Waals surface area (Å²) in [6.45, 7) is 5.49. The lowest BCUT2D eigenvalue weighted by Crippen LogP contribution is -2.38. The fourth-order valence-corrected chi connectivity index (χ4v) is 2.92. The molecule has 0 radical (unpaired) electrons. The van der Waals surface area contributed by atoms with E-state index in [1.54, 1.807) is 20.3 Å². The molecule has 8 heteroatoms. The van der Waals surface area contributed by atoms with Gasteiger partial charge >= 0.3 is 0 Å². The highest BCUT2D eigenvalue weighted by molar-refractivity contribution is 6.31. The second kappa shape index (κ2) is 11.9. The van der Waals surface area contributed by atoms with Crippen molar-refractivity contribution in [3.05, 3.63) is 52.5 Å². The number of nitrogens with zero attached hydrogens (tertiary/aromatic N) is 1. The molecule has 0 aromatic heterocycles. The molecule has 30 heavy (non-hydrogen) atoms. The summed E-state index contributed by atoms with van der Waals surface area (Å²) in [6.07, 6.45) is 0.298. The Bertz CT molecular complexity index is 887. The molecule has 2 aromatic rings. The van der Waals surface area contributed by atoms with Gasteiger partial charge in [-0.05, 0) is 49.2 Å². The van der Waals surface area contributed by atoms with Gasteiger partial charge in [0.1, 0.15) is 0 Å². The molecular weight excluding hydrogens is 404 g/mol. The van der Waals surface area contributed by atoms with E-state index in [0.29, 0.717) is 48.5 Å². The highest BCUT2D eigenvalue weighted by Crippen LogP contribution is 2.27. The summed E-state index contributed by atoms with van der Waals surface area (Å²) in [4.78, 5) is 16.8. The van der Waals surface area contributed by atoms with Crippen LogP contribution >= 0.6 is 11.6 Å². The Morgan fingerprint density at radius 3 is 2.57 bits per heavy atom. The second-order valence-corrected chi connectivity index (χ2v) is 6.93. The summed E-state index contributed by atoms with van der Waals surface area (Å²) in [5.41, 5.74) is 2.56. The van der Waals surface area contributed by atoms with Crippen molar-refractivity contribution >= 4 is 29.2 Å². The van der Waals surface area contributed by atoms with Gasteiger partial charge in [0.25, 0.3) is 0 Å². The van der Waals surface area contributed by atoms with Crippen LogP contribution in [0.1, 0.15) is 24.5 Å². The summed E-state index contributed by atoms with van der Waals surface area (Å²) in [5.74, 6) is 1.88. The van der Waals surface area contributed by atoms with E-state index < -0.39 is 0 Å². The van der Waals surface area contributed by atoms with Gasteiger partial charge in [-0.3, -0.25) is 4.79 Å². The molecule has 0 heterocycles. The first-order valence-electron chi connectivity index (χ1n) is 9.76. The molecule has 0 saturated heterocycles. The molecule has 0 aliphatic heterocycles. The zero-order valence-corrected chi connectivity index (χ0v) is 18.6. The predicted octanol–water partition coefficient (Wildman–Crippen LogP) is 3.75. The van der Waals surface area contributed by atoms with Gasteiger partial charge in [0.2, 0.25) is 5.91 Å². The van der Waals surface area contributed by atoms with Crippen molar-refractivity contribution in [3.8, 4) is 11.5 Å². The molecule has 7 nitrogen and oxygen atoms in total. The Hall–Kier alpha value is -2.93. The highest BCUT2D eigenvalue weighted by Gasteiger charge is 2.08. The minimum absolute atomic E-state index is 0.0939. The predicted molar refractivity (Wildman–Crippen MR) is 122 cm³/mol. The molecule has 3 N–H and O–H groups in total. The minimum atomic E-state index is -0.0939. The molecule has 0 aliphatic carbocycles. The number of ether oxygens (including phenoxy) is 2. The van der Waals surface area contributed by atoms with Crippen molar-refractivity contribution in [2.75, 3.05) is 32.6 Å². The summed E-state index contributed by atoms with van der Waals surface area (Å²) in [5, 5.41) is 9.87. The van der Waals surface area contributed by atoms with Gasteiger partial charge in [0.05, 0.1) is 20.8 Å². The zero-order valence-electron chi connectivity index (χ0n) is 17.8. The fraction of sp³-hybridized carbons (Fsp3) is 0.364. The fourth-order valence-electron chi connectivity index (χ4n) is 2.74. The van der Waals surface area contributed by atoms with E-state index >= 15 is 0 Å². The number of halogens is 1. The van der Waals surface area contributed by atoms with E-state index in [1.165, 1.54) is 0 Å². The number of hydrogen-bond donors (Lipinski definition) is 3. The van der Waals surface area contributed by atoms with Crippen molar-refractivity contribution in [3.63, 3.8) is 0 Å². The van der Waals surface area contributed by atoms with E-state index in [-0.39, 0.29) is 5.91 Å². The number of guanidine groups is 1. The Balaban J connectivity index is 1.90. The van der Waals surface area contributed by atoms with Crippen LogP contribution < -0.4 is 25.4 Å². The molecule has 0 unspecified atom stereocenters. The van der Waals surface area contributed by atoms with Gasteiger partial charge in [-0.25, -0.2) is 4.99 Å². The summed E-state index contributed by atoms with van der Waals surface area (Å²) in [6, 6.07) is 11.1. The molecule has 0 fully saturated rings. The number of rotatable bonds is 9. The van der Waals surface area contributed by atoms with Crippen molar-refractivity contribution in [1.82, 2.24) is 10.6 Å². The largest absolute Gasteiger partial charge is 0.493 e. The monoisotopic (exact) mass is 432 g/mol. The quantitative estimate of drug-likeness (QED) is 0.415. The molecule has 162 valence electrons. The number of amides is 1. The zero-order chi connectivity index (χ0) is 21.9. The van der Waals surface area contributed by atoms with Gasteiger partial charge in [-0.2, -0.15) is 0 Å². The van der Waals surface area contributed by atoms with Gasteiger partial charge in [-0.15, -0.1) is 0 Å². The average molecular weight is 433 g/mol. The normalized spacial score (nSPS) is 11.0. The molecule has 0 atom stereocenters. The lowest BCUT2D eigenvalue weighted by Gasteiger charge is -2.13. The SMILES string of the molecule is CCNC(=NCc1ccc(OC)c(OC)c1)NCCC(=O)Nc1cccc(Cl)c1C. The molecular formula is C22H29ClN4O3. The Morgan fingerprint density at radius 2 is 1.87 bits per heavy atom. The van der Waals surface area contributed by atoms with Crippen LogP contribution in [0.15, 0.2) is 41.4 Å². The first-order valence-corrected chi connectivity index (χ1v) is 10.1. The van der Waals surface area contributed by atoms with Crippen LogP contribution in [0.3, 0.4) is 0 Å². The minimum Gasteiger partial charge on any atom is -0.493 e. The van der Waals surface area contributed by atoms with E-state index in [9.17, 15) is 4.79 Å². The number of methoxy groups -OCH3 is 2. The molecule has 2 rings (SSSR count). The van der Waals surface area contributed by atoms with Crippen LogP contribution in [0.5, 0.6) is 11.5 Å². The number of benzene rings is 2. The molecule has 0 spiro atoms. The van der Waals surface area contributed by atoms with E-state index in [2.05, 4.69) is 20.9 Å². The van der Waals surface area contributed by atoms with Crippen LogP contribution in [0.25, 0.3) is 0 Å². The highest BCUT2D eigenvalue weighted by atomic mass is 35.5. The molecule has 0 bridgehead atoms. The lowest BCUT2D eigenvalue weighted by molar-refractivity contribution is -0.116. The number of anilines is 1. The molecule has 0 saturated carbocycles. The number of carbonyl (C=O) groups excluding carboxylic acids is 1. The van der Waals surface area contributed by atoms with Gasteiger partial charge in [-0.1, -0.05) is 23.7 Å². The maximum atomic E-state index is 12.2. The third-order valence-electron chi connectivity index (χ3n) is 4.40. The van der Waals surface area contributed by atoms with E-state index in [4.69, 9.17) is 21.1 Å². The number of nitrogens with one attached hydrogen (secondary N) is 3. The van der Waals surface area contributed by atoms with Crippen molar-refractivity contribution < 1.29 is 14.3 Å². The number of aliphatic imine (C=N–C) groups is 1. The van der Waals surface area contributed by atoms with E-state index in [1.807, 2.05) is 44.2 Å². The smallest absolute Gasteiger partial charge is 0.226 e. The van der Waals surface area contributed by atoms with Gasteiger partial charge in [0, 0.05) is 30.2 Å². The van der Waals surface area contributed by atoms with Crippen LogP contribution in [0, 0.1) is 6.92 Å². The summed E-state index contributed by atoms with van der Waals surface area (Å²) in [7, 11) is 3.21. The van der Waals surface area contributed by atoms with Crippen LogP contribution in [0.2, 0.25) is 5.02 Å². The first kappa shape index (κ1) is 23.3. The Labute approximate surface area is 182 Å². The summed E-state index contributed by atoms with van der Waals surface area (Å²) < 4.78 is 10.6. The van der Waals surface area contributed by atoms with Crippen LogP contribution in [-0.4, -0.2) is 39.2 Å². The number of carbonyl (C=O) groups is 1. The third kappa shape index (κ3) is 6.84. The Morgan fingerprint density at radius 1 is 1.10 bits per heavy atom. The first-order chi connectivity index (χ1) is 14.5. The molecule has 1 amide bonds. The van der Waals surface area contributed by atoms with Crippen molar-refractivity contribution in [2.24, 2.45) is 4.99 Å².